The molecule has 1 aliphatic heterocycles. The molecule has 4 heteroatoms. The molecular weight excluding hydrogens is 253 g/mol. The van der Waals surface area contributed by atoms with Crippen LogP contribution in [0.1, 0.15) is 24.9 Å². The number of hydrogen-bond donors (Lipinski definition) is 1. The molecule has 2 unspecified atom stereocenters. The summed E-state index contributed by atoms with van der Waals surface area (Å²) in [5.74, 6) is -0.110. The van der Waals surface area contributed by atoms with E-state index in [4.69, 9.17) is 0 Å². The van der Waals surface area contributed by atoms with Crippen molar-refractivity contribution in [1.82, 2.24) is 15.1 Å². The third-order valence-corrected chi connectivity index (χ3v) is 4.27. The molecule has 0 amide bonds. The molecule has 1 saturated heterocycles. The van der Waals surface area contributed by atoms with E-state index in [9.17, 15) is 4.39 Å². The molecule has 1 N–H and O–H groups in total. The largest absolute Gasteiger partial charge is 0.308 e. The maximum absolute atomic E-state index is 13.9. The molecular formula is C16H26FN3. The van der Waals surface area contributed by atoms with Gasteiger partial charge in [-0.3, -0.25) is 4.90 Å². The smallest absolute Gasteiger partial charge is 0.127 e. The van der Waals surface area contributed by atoms with E-state index in [2.05, 4.69) is 36.1 Å². The summed E-state index contributed by atoms with van der Waals surface area (Å²) in [5.41, 5.74) is 0.779. The Bertz CT molecular complexity index is 424. The van der Waals surface area contributed by atoms with Crippen molar-refractivity contribution in [2.75, 3.05) is 40.3 Å². The Kier molecular flexibility index (Phi) is 5.52. The zero-order valence-corrected chi connectivity index (χ0v) is 12.8. The summed E-state index contributed by atoms with van der Waals surface area (Å²) < 4.78 is 13.9. The van der Waals surface area contributed by atoms with Crippen molar-refractivity contribution >= 4 is 0 Å². The van der Waals surface area contributed by atoms with Crippen LogP contribution < -0.4 is 5.32 Å². The van der Waals surface area contributed by atoms with Crippen LogP contribution in [0.4, 0.5) is 4.39 Å². The van der Waals surface area contributed by atoms with Gasteiger partial charge in [0, 0.05) is 43.8 Å². The van der Waals surface area contributed by atoms with E-state index in [0.29, 0.717) is 6.04 Å². The first kappa shape index (κ1) is 15.4. The SMILES string of the molecule is CCC(NCC1CN(C)CCN1C)c1ccccc1F. The van der Waals surface area contributed by atoms with E-state index in [1.54, 1.807) is 12.1 Å². The van der Waals surface area contributed by atoms with Gasteiger partial charge in [0.1, 0.15) is 5.82 Å². The number of nitrogens with zero attached hydrogens (tertiary/aromatic N) is 2. The van der Waals surface area contributed by atoms with Gasteiger partial charge < -0.3 is 10.2 Å². The van der Waals surface area contributed by atoms with Crippen LogP contribution in [0.15, 0.2) is 24.3 Å². The summed E-state index contributed by atoms with van der Waals surface area (Å²) in [6.45, 7) is 6.28. The lowest BCUT2D eigenvalue weighted by Gasteiger charge is -2.38. The highest BCUT2D eigenvalue weighted by Gasteiger charge is 2.23. The zero-order chi connectivity index (χ0) is 14.5. The molecule has 0 saturated carbocycles. The highest BCUT2D eigenvalue weighted by atomic mass is 19.1. The van der Waals surface area contributed by atoms with Crippen molar-refractivity contribution < 1.29 is 4.39 Å². The average molecular weight is 279 g/mol. The van der Waals surface area contributed by atoms with Crippen LogP contribution >= 0.6 is 0 Å². The summed E-state index contributed by atoms with van der Waals surface area (Å²) in [4.78, 5) is 4.75. The molecule has 0 bridgehead atoms. The standard InChI is InChI=1S/C16H26FN3/c1-4-16(14-7-5-6-8-15(14)17)18-11-13-12-19(2)9-10-20(13)3/h5-8,13,16,18H,4,9-12H2,1-3H3. The topological polar surface area (TPSA) is 18.5 Å². The minimum atomic E-state index is -0.110. The Morgan fingerprint density at radius 2 is 2.05 bits per heavy atom. The minimum absolute atomic E-state index is 0.0943. The molecule has 20 heavy (non-hydrogen) atoms. The van der Waals surface area contributed by atoms with Crippen LogP contribution in [-0.2, 0) is 0 Å². The van der Waals surface area contributed by atoms with E-state index in [-0.39, 0.29) is 11.9 Å². The summed E-state index contributed by atoms with van der Waals surface area (Å²) in [5, 5.41) is 3.54. The molecule has 0 spiro atoms. The van der Waals surface area contributed by atoms with Gasteiger partial charge in [-0.25, -0.2) is 4.39 Å². The van der Waals surface area contributed by atoms with Crippen LogP contribution in [0.2, 0.25) is 0 Å². The third-order valence-electron chi connectivity index (χ3n) is 4.27. The van der Waals surface area contributed by atoms with E-state index in [1.807, 2.05) is 12.1 Å². The Hall–Kier alpha value is -0.970. The summed E-state index contributed by atoms with van der Waals surface area (Å²) in [7, 11) is 4.33. The predicted molar refractivity (Wildman–Crippen MR) is 81.3 cm³/mol. The number of likely N-dealkylation sites (N-methyl/N-ethyl adjacent to an activating group) is 2. The van der Waals surface area contributed by atoms with Gasteiger partial charge >= 0.3 is 0 Å². The lowest BCUT2D eigenvalue weighted by atomic mass is 10.0. The molecule has 2 atom stereocenters. The van der Waals surface area contributed by atoms with E-state index >= 15 is 0 Å². The number of rotatable bonds is 5. The third kappa shape index (κ3) is 3.78. The van der Waals surface area contributed by atoms with Crippen molar-refractivity contribution in [3.05, 3.63) is 35.6 Å². The Morgan fingerprint density at radius 3 is 2.75 bits per heavy atom. The van der Waals surface area contributed by atoms with Gasteiger partial charge in [0.05, 0.1) is 0 Å². The first-order valence-electron chi connectivity index (χ1n) is 7.48. The monoisotopic (exact) mass is 279 g/mol. The van der Waals surface area contributed by atoms with Crippen LogP contribution in [-0.4, -0.2) is 56.1 Å². The van der Waals surface area contributed by atoms with Crippen molar-refractivity contribution in [2.45, 2.75) is 25.4 Å². The number of benzene rings is 1. The molecule has 1 heterocycles. The summed E-state index contributed by atoms with van der Waals surface area (Å²) in [6, 6.07) is 7.66. The molecule has 2 rings (SSSR count). The highest BCUT2D eigenvalue weighted by molar-refractivity contribution is 5.21. The van der Waals surface area contributed by atoms with E-state index in [1.165, 1.54) is 0 Å². The first-order valence-corrected chi connectivity index (χ1v) is 7.48. The Labute approximate surface area is 121 Å². The zero-order valence-electron chi connectivity index (χ0n) is 12.8. The van der Waals surface area contributed by atoms with Gasteiger partial charge in [0.2, 0.25) is 0 Å². The maximum Gasteiger partial charge on any atom is 0.127 e. The molecule has 0 aromatic heterocycles. The normalized spacial score (nSPS) is 22.9. The molecule has 1 aliphatic rings. The van der Waals surface area contributed by atoms with Gasteiger partial charge in [0.25, 0.3) is 0 Å². The van der Waals surface area contributed by atoms with Crippen molar-refractivity contribution in [3.63, 3.8) is 0 Å². The van der Waals surface area contributed by atoms with Gasteiger partial charge in [-0.2, -0.15) is 0 Å². The van der Waals surface area contributed by atoms with Crippen LogP contribution in [0.25, 0.3) is 0 Å². The number of hydrogen-bond acceptors (Lipinski definition) is 3. The second-order valence-corrected chi connectivity index (χ2v) is 5.79. The fourth-order valence-corrected chi connectivity index (χ4v) is 2.83. The van der Waals surface area contributed by atoms with Crippen LogP contribution in [0, 0.1) is 5.82 Å². The van der Waals surface area contributed by atoms with Gasteiger partial charge in [-0.15, -0.1) is 0 Å². The molecule has 1 aromatic carbocycles. The fourth-order valence-electron chi connectivity index (χ4n) is 2.83. The second kappa shape index (κ2) is 7.16. The molecule has 0 radical (unpaired) electrons. The van der Waals surface area contributed by atoms with Gasteiger partial charge in [-0.1, -0.05) is 25.1 Å². The molecule has 0 aliphatic carbocycles. The van der Waals surface area contributed by atoms with E-state index < -0.39 is 0 Å². The van der Waals surface area contributed by atoms with Crippen molar-refractivity contribution in [1.29, 1.82) is 0 Å². The highest BCUT2D eigenvalue weighted by Crippen LogP contribution is 2.20. The number of piperazine rings is 1. The summed E-state index contributed by atoms with van der Waals surface area (Å²) >= 11 is 0. The van der Waals surface area contributed by atoms with E-state index in [0.717, 1.165) is 38.2 Å². The Morgan fingerprint density at radius 1 is 1.30 bits per heavy atom. The van der Waals surface area contributed by atoms with Gasteiger partial charge in [-0.05, 0) is 26.6 Å². The summed E-state index contributed by atoms with van der Waals surface area (Å²) in [6.07, 6.45) is 0.896. The quantitative estimate of drug-likeness (QED) is 0.890. The maximum atomic E-state index is 13.9. The molecule has 3 nitrogen and oxygen atoms in total. The molecule has 1 fully saturated rings. The molecule has 112 valence electrons. The van der Waals surface area contributed by atoms with Crippen LogP contribution in [0.5, 0.6) is 0 Å². The first-order chi connectivity index (χ1) is 9.61. The average Bonchev–Trinajstić information content (AvgIpc) is 2.45. The number of nitrogens with one attached hydrogen (secondary N) is 1. The minimum Gasteiger partial charge on any atom is -0.308 e. The lowest BCUT2D eigenvalue weighted by Crippen LogP contribution is -2.54. The lowest BCUT2D eigenvalue weighted by molar-refractivity contribution is 0.111. The van der Waals surface area contributed by atoms with Crippen molar-refractivity contribution in [3.8, 4) is 0 Å². The molecule has 1 aromatic rings. The van der Waals surface area contributed by atoms with Gasteiger partial charge in [0.15, 0.2) is 0 Å². The fraction of sp³-hybridized carbons (Fsp3) is 0.625. The van der Waals surface area contributed by atoms with Crippen molar-refractivity contribution in [2.24, 2.45) is 0 Å². The Balaban J connectivity index is 1.95. The van der Waals surface area contributed by atoms with Crippen LogP contribution in [0.3, 0.4) is 0 Å². The second-order valence-electron chi connectivity index (χ2n) is 5.79. The predicted octanol–water partition coefficient (Wildman–Crippen LogP) is 2.11. The number of halogens is 1.